The van der Waals surface area contributed by atoms with E-state index in [0.29, 0.717) is 43.1 Å². The summed E-state index contributed by atoms with van der Waals surface area (Å²) in [7, 11) is 2.18. The maximum absolute atomic E-state index is 12.6. The summed E-state index contributed by atoms with van der Waals surface area (Å²) in [5.74, 6) is 1.43. The van der Waals surface area contributed by atoms with Gasteiger partial charge in [0.15, 0.2) is 0 Å². The van der Waals surface area contributed by atoms with Crippen LogP contribution in [-0.4, -0.2) is 63.5 Å². The topological polar surface area (TPSA) is 83.4 Å². The van der Waals surface area contributed by atoms with Crippen molar-refractivity contribution in [3.05, 3.63) is 71.2 Å². The van der Waals surface area contributed by atoms with Crippen LogP contribution in [0.3, 0.4) is 0 Å². The summed E-state index contributed by atoms with van der Waals surface area (Å²) in [6.45, 7) is 7.79. The molecule has 0 atom stereocenters. The van der Waals surface area contributed by atoms with E-state index >= 15 is 0 Å². The Labute approximate surface area is 205 Å². The van der Waals surface area contributed by atoms with Gasteiger partial charge in [-0.15, -0.1) is 0 Å². The lowest BCUT2D eigenvalue weighted by Gasteiger charge is -2.38. The third-order valence-electron chi connectivity index (χ3n) is 7.28. The third-order valence-corrected chi connectivity index (χ3v) is 7.28. The Morgan fingerprint density at radius 2 is 1.89 bits per heavy atom. The maximum atomic E-state index is 12.6. The summed E-state index contributed by atoms with van der Waals surface area (Å²) in [5.41, 5.74) is 2.84. The number of fused-ring (bicyclic) bond motifs is 1. The molecule has 4 heterocycles. The van der Waals surface area contributed by atoms with Gasteiger partial charge < -0.3 is 15.1 Å². The molecule has 2 saturated heterocycles. The number of amides is 1. The maximum Gasteiger partial charge on any atom is 0.252 e. The zero-order valence-electron chi connectivity index (χ0n) is 20.2. The van der Waals surface area contributed by atoms with Crippen LogP contribution in [0, 0.1) is 5.92 Å². The van der Waals surface area contributed by atoms with E-state index in [-0.39, 0.29) is 11.5 Å². The fraction of sp³-hybridized carbons (Fsp3) is 0.407. The van der Waals surface area contributed by atoms with Gasteiger partial charge >= 0.3 is 0 Å². The highest BCUT2D eigenvalue weighted by molar-refractivity contribution is 5.87. The molecule has 5 rings (SSSR count). The molecule has 0 unspecified atom stereocenters. The van der Waals surface area contributed by atoms with Crippen molar-refractivity contribution in [1.82, 2.24) is 24.3 Å². The second-order valence-corrected chi connectivity index (χ2v) is 9.72. The Bertz CT molecular complexity index is 1270. The normalized spacial score (nSPS) is 17.3. The van der Waals surface area contributed by atoms with Gasteiger partial charge in [0.2, 0.25) is 11.9 Å². The first-order valence-electron chi connectivity index (χ1n) is 12.3. The van der Waals surface area contributed by atoms with Crippen LogP contribution in [0.15, 0.2) is 60.0 Å². The number of nitrogens with zero attached hydrogens (tertiary/aromatic N) is 5. The molecule has 0 aliphatic carbocycles. The highest BCUT2D eigenvalue weighted by Crippen LogP contribution is 2.29. The van der Waals surface area contributed by atoms with Crippen molar-refractivity contribution < 1.29 is 4.79 Å². The molecule has 2 aliphatic rings. The first kappa shape index (κ1) is 23.2. The number of likely N-dealkylation sites (tertiary alicyclic amines) is 2. The van der Waals surface area contributed by atoms with Crippen molar-refractivity contribution in [3.8, 4) is 0 Å². The number of aromatic nitrogens is 3. The van der Waals surface area contributed by atoms with Crippen molar-refractivity contribution in [2.75, 3.05) is 38.5 Å². The first-order chi connectivity index (χ1) is 17.0. The average Bonchev–Trinajstić information content (AvgIpc) is 2.85. The van der Waals surface area contributed by atoms with Crippen LogP contribution >= 0.6 is 0 Å². The SMILES string of the molecule is C=CC(=O)N1CC(CCn2c(=O)ccc3cnc(Nc4ccc(C5CCN(C)CC5)cc4)nc32)C1. The van der Waals surface area contributed by atoms with Crippen molar-refractivity contribution in [2.45, 2.75) is 31.7 Å². The summed E-state index contributed by atoms with van der Waals surface area (Å²) in [4.78, 5) is 37.6. The Kier molecular flexibility index (Phi) is 6.63. The minimum Gasteiger partial charge on any atom is -0.338 e. The van der Waals surface area contributed by atoms with E-state index in [2.05, 4.69) is 58.1 Å². The minimum absolute atomic E-state index is 0.0357. The smallest absolute Gasteiger partial charge is 0.252 e. The van der Waals surface area contributed by atoms with Gasteiger partial charge in [-0.05, 0) is 81.1 Å². The second kappa shape index (κ2) is 10.00. The van der Waals surface area contributed by atoms with Gasteiger partial charge in [-0.25, -0.2) is 4.98 Å². The molecular weight excluding hydrogens is 440 g/mol. The Balaban J connectivity index is 1.28. The largest absolute Gasteiger partial charge is 0.338 e. The summed E-state index contributed by atoms with van der Waals surface area (Å²) in [6, 6.07) is 11.9. The molecule has 0 radical (unpaired) electrons. The van der Waals surface area contributed by atoms with E-state index in [1.54, 1.807) is 27.8 Å². The predicted molar refractivity (Wildman–Crippen MR) is 138 cm³/mol. The highest BCUT2D eigenvalue weighted by Gasteiger charge is 2.29. The van der Waals surface area contributed by atoms with E-state index in [9.17, 15) is 9.59 Å². The molecule has 2 fully saturated rings. The van der Waals surface area contributed by atoms with Gasteiger partial charge in [0.1, 0.15) is 5.65 Å². The Morgan fingerprint density at radius 1 is 1.14 bits per heavy atom. The molecule has 2 aliphatic heterocycles. The molecule has 3 aromatic rings. The molecule has 0 saturated carbocycles. The molecule has 182 valence electrons. The van der Waals surface area contributed by atoms with Gasteiger partial charge in [0.05, 0.1) is 0 Å². The number of hydrogen-bond acceptors (Lipinski definition) is 6. The average molecular weight is 473 g/mol. The zero-order chi connectivity index (χ0) is 24.4. The molecule has 1 aromatic carbocycles. The number of nitrogens with one attached hydrogen (secondary N) is 1. The molecule has 0 bridgehead atoms. The number of rotatable bonds is 7. The molecule has 2 aromatic heterocycles. The Morgan fingerprint density at radius 3 is 2.60 bits per heavy atom. The number of carbonyl (C=O) groups excluding carboxylic acids is 1. The van der Waals surface area contributed by atoms with E-state index in [1.807, 2.05) is 0 Å². The van der Waals surface area contributed by atoms with Gasteiger partial charge in [-0.2, -0.15) is 4.98 Å². The van der Waals surface area contributed by atoms with Crippen LogP contribution in [0.5, 0.6) is 0 Å². The number of aryl methyl sites for hydroxylation is 1. The monoisotopic (exact) mass is 472 g/mol. The lowest BCUT2D eigenvalue weighted by molar-refractivity contribution is -0.132. The van der Waals surface area contributed by atoms with E-state index in [1.165, 1.54) is 24.5 Å². The third kappa shape index (κ3) is 5.12. The lowest BCUT2D eigenvalue weighted by atomic mass is 9.89. The molecule has 1 amide bonds. The highest BCUT2D eigenvalue weighted by atomic mass is 16.2. The van der Waals surface area contributed by atoms with Gasteiger partial charge in [-0.3, -0.25) is 14.2 Å². The molecule has 0 spiro atoms. The second-order valence-electron chi connectivity index (χ2n) is 9.72. The van der Waals surface area contributed by atoms with Crippen molar-refractivity contribution in [2.24, 2.45) is 5.92 Å². The lowest BCUT2D eigenvalue weighted by Crippen LogP contribution is -2.49. The number of carbonyl (C=O) groups is 1. The van der Waals surface area contributed by atoms with Crippen LogP contribution in [0.2, 0.25) is 0 Å². The van der Waals surface area contributed by atoms with Crippen LogP contribution in [0.4, 0.5) is 11.6 Å². The van der Waals surface area contributed by atoms with Crippen molar-refractivity contribution in [1.29, 1.82) is 0 Å². The number of pyridine rings is 1. The fourth-order valence-corrected chi connectivity index (χ4v) is 5.03. The minimum atomic E-state index is -0.0806. The van der Waals surface area contributed by atoms with Crippen molar-refractivity contribution >= 4 is 28.6 Å². The quantitative estimate of drug-likeness (QED) is 0.531. The molecule has 8 nitrogen and oxygen atoms in total. The number of benzene rings is 1. The van der Waals surface area contributed by atoms with Gasteiger partial charge in [-0.1, -0.05) is 18.7 Å². The molecule has 1 N–H and O–H groups in total. The van der Waals surface area contributed by atoms with Crippen LogP contribution in [0.1, 0.15) is 30.7 Å². The molecule has 35 heavy (non-hydrogen) atoms. The number of piperidine rings is 1. The molecular formula is C27H32N6O2. The van der Waals surface area contributed by atoms with E-state index < -0.39 is 0 Å². The van der Waals surface area contributed by atoms with Gasteiger partial charge in [0, 0.05) is 43.0 Å². The summed E-state index contributed by atoms with van der Waals surface area (Å²) < 4.78 is 1.71. The van der Waals surface area contributed by atoms with Crippen molar-refractivity contribution in [3.63, 3.8) is 0 Å². The first-order valence-corrected chi connectivity index (χ1v) is 12.3. The predicted octanol–water partition coefficient (Wildman–Crippen LogP) is 3.38. The Hall–Kier alpha value is -3.52. The summed E-state index contributed by atoms with van der Waals surface area (Å²) in [5, 5.41) is 4.12. The van der Waals surface area contributed by atoms with Crippen LogP contribution in [0.25, 0.3) is 11.0 Å². The van der Waals surface area contributed by atoms with E-state index in [0.717, 1.165) is 30.6 Å². The standard InChI is InChI=1S/C27H32N6O2/c1-3-24(34)32-17-19(18-32)10-15-33-25(35)9-6-22-16-28-27(30-26(22)33)29-23-7-4-20(5-8-23)21-11-13-31(2)14-12-21/h3-9,16,19,21H,1,10-15,17-18H2,2H3,(H,28,29,30). The van der Waals surface area contributed by atoms with Crippen LogP contribution in [-0.2, 0) is 11.3 Å². The van der Waals surface area contributed by atoms with Crippen LogP contribution < -0.4 is 10.9 Å². The number of hydrogen-bond donors (Lipinski definition) is 1. The van der Waals surface area contributed by atoms with Gasteiger partial charge in [0.25, 0.3) is 5.56 Å². The number of anilines is 2. The zero-order valence-corrected chi connectivity index (χ0v) is 20.2. The summed E-state index contributed by atoms with van der Waals surface area (Å²) >= 11 is 0. The fourth-order valence-electron chi connectivity index (χ4n) is 5.03. The van der Waals surface area contributed by atoms with E-state index in [4.69, 9.17) is 0 Å². The molecule has 8 heteroatoms. The summed E-state index contributed by atoms with van der Waals surface area (Å²) in [6.07, 6.45) is 6.29.